The Morgan fingerprint density at radius 3 is 2.06 bits per heavy atom. The minimum Gasteiger partial charge on any atom is -0.311 e. The van der Waals surface area contributed by atoms with E-state index >= 15 is 0 Å². The molecular formula is C15H34N2. The van der Waals surface area contributed by atoms with Crippen LogP contribution in [0.15, 0.2) is 0 Å². The maximum Gasteiger partial charge on any atom is 0.0223 e. The van der Waals surface area contributed by atoms with E-state index in [1.54, 1.807) is 0 Å². The van der Waals surface area contributed by atoms with Crippen LogP contribution in [0.3, 0.4) is 0 Å². The summed E-state index contributed by atoms with van der Waals surface area (Å²) in [7, 11) is 0. The number of hydrogen-bond acceptors (Lipinski definition) is 2. The Bertz CT molecular complexity index is 184. The Morgan fingerprint density at radius 1 is 1.12 bits per heavy atom. The molecule has 2 nitrogen and oxygen atoms in total. The van der Waals surface area contributed by atoms with Gasteiger partial charge < -0.3 is 5.32 Å². The molecule has 0 bridgehead atoms. The lowest BCUT2D eigenvalue weighted by Gasteiger charge is -2.37. The van der Waals surface area contributed by atoms with Gasteiger partial charge in [-0.05, 0) is 47.1 Å². The molecule has 0 aromatic rings. The van der Waals surface area contributed by atoms with Crippen LogP contribution in [0.1, 0.15) is 67.7 Å². The molecule has 0 aliphatic carbocycles. The number of nitrogens with zero attached hydrogens (tertiary/aromatic N) is 1. The van der Waals surface area contributed by atoms with E-state index in [4.69, 9.17) is 0 Å². The van der Waals surface area contributed by atoms with Crippen molar-refractivity contribution in [1.82, 2.24) is 10.2 Å². The first-order valence-corrected chi connectivity index (χ1v) is 7.36. The van der Waals surface area contributed by atoms with Crippen LogP contribution in [0.5, 0.6) is 0 Å². The summed E-state index contributed by atoms with van der Waals surface area (Å²) in [4.78, 5) is 2.66. The molecular weight excluding hydrogens is 208 g/mol. The molecule has 1 N–H and O–H groups in total. The lowest BCUT2D eigenvalue weighted by molar-refractivity contribution is 0.131. The summed E-state index contributed by atoms with van der Waals surface area (Å²) in [5.41, 5.74) is 0.223. The van der Waals surface area contributed by atoms with Crippen molar-refractivity contribution in [2.45, 2.75) is 85.4 Å². The molecule has 17 heavy (non-hydrogen) atoms. The molecule has 0 amide bonds. The summed E-state index contributed by atoms with van der Waals surface area (Å²) >= 11 is 0. The number of hydrogen-bond donors (Lipinski definition) is 1. The fourth-order valence-electron chi connectivity index (χ4n) is 2.31. The number of likely N-dealkylation sites (N-methyl/N-ethyl adjacent to an activating group) is 1. The van der Waals surface area contributed by atoms with Crippen molar-refractivity contribution >= 4 is 0 Å². The minimum absolute atomic E-state index is 0.223. The van der Waals surface area contributed by atoms with Gasteiger partial charge in [-0.1, -0.05) is 27.2 Å². The van der Waals surface area contributed by atoms with Gasteiger partial charge in [0, 0.05) is 24.2 Å². The van der Waals surface area contributed by atoms with Gasteiger partial charge in [-0.2, -0.15) is 0 Å². The maximum absolute atomic E-state index is 3.66. The van der Waals surface area contributed by atoms with E-state index in [0.717, 1.165) is 13.1 Å². The molecule has 0 fully saturated rings. The summed E-state index contributed by atoms with van der Waals surface area (Å²) in [5.74, 6) is 0. The Balaban J connectivity index is 4.46. The van der Waals surface area contributed by atoms with Crippen molar-refractivity contribution in [2.24, 2.45) is 0 Å². The lowest BCUT2D eigenvalue weighted by atomic mass is 10.0. The largest absolute Gasteiger partial charge is 0.311 e. The predicted molar refractivity (Wildman–Crippen MR) is 78.6 cm³/mol. The first kappa shape index (κ1) is 16.9. The van der Waals surface area contributed by atoms with Gasteiger partial charge in [-0.15, -0.1) is 0 Å². The van der Waals surface area contributed by atoms with Crippen molar-refractivity contribution < 1.29 is 0 Å². The second-order valence-corrected chi connectivity index (χ2v) is 6.16. The molecule has 2 heteroatoms. The van der Waals surface area contributed by atoms with Crippen LogP contribution in [0.4, 0.5) is 0 Å². The van der Waals surface area contributed by atoms with Crippen LogP contribution in [0.25, 0.3) is 0 Å². The van der Waals surface area contributed by atoms with Gasteiger partial charge in [-0.25, -0.2) is 0 Å². The zero-order chi connectivity index (χ0) is 13.5. The van der Waals surface area contributed by atoms with Crippen LogP contribution in [0.2, 0.25) is 0 Å². The van der Waals surface area contributed by atoms with Crippen LogP contribution in [-0.4, -0.2) is 35.6 Å². The summed E-state index contributed by atoms with van der Waals surface area (Å²) in [6, 6.07) is 1.37. The average Bonchev–Trinajstić information content (AvgIpc) is 2.25. The summed E-state index contributed by atoms with van der Waals surface area (Å²) in [5, 5.41) is 3.66. The van der Waals surface area contributed by atoms with E-state index in [0.29, 0.717) is 12.1 Å². The molecule has 2 atom stereocenters. The molecule has 104 valence electrons. The fourth-order valence-corrected chi connectivity index (χ4v) is 2.31. The van der Waals surface area contributed by atoms with Gasteiger partial charge in [0.2, 0.25) is 0 Å². The summed E-state index contributed by atoms with van der Waals surface area (Å²) < 4.78 is 0. The van der Waals surface area contributed by atoms with Crippen LogP contribution in [-0.2, 0) is 0 Å². The number of rotatable bonds is 8. The Morgan fingerprint density at radius 2 is 1.71 bits per heavy atom. The normalized spacial score (nSPS) is 16.2. The van der Waals surface area contributed by atoms with Gasteiger partial charge in [0.05, 0.1) is 0 Å². The Kier molecular flexibility index (Phi) is 8.06. The molecule has 0 saturated carbocycles. The van der Waals surface area contributed by atoms with Crippen LogP contribution in [0, 0.1) is 0 Å². The quantitative estimate of drug-likeness (QED) is 0.699. The molecule has 0 radical (unpaired) electrons. The molecule has 2 unspecified atom stereocenters. The van der Waals surface area contributed by atoms with E-state index in [-0.39, 0.29) is 5.54 Å². The first-order chi connectivity index (χ1) is 7.85. The van der Waals surface area contributed by atoms with E-state index in [9.17, 15) is 0 Å². The van der Waals surface area contributed by atoms with Crippen LogP contribution < -0.4 is 5.32 Å². The van der Waals surface area contributed by atoms with E-state index < -0.39 is 0 Å². The molecule has 0 spiro atoms. The number of nitrogens with one attached hydrogen (secondary N) is 1. The zero-order valence-electron chi connectivity index (χ0n) is 13.1. The van der Waals surface area contributed by atoms with Gasteiger partial charge >= 0.3 is 0 Å². The molecule has 0 aliphatic rings. The highest BCUT2D eigenvalue weighted by molar-refractivity contribution is 4.81. The van der Waals surface area contributed by atoms with Gasteiger partial charge in [0.15, 0.2) is 0 Å². The van der Waals surface area contributed by atoms with Crippen molar-refractivity contribution in [2.75, 3.05) is 13.1 Å². The second kappa shape index (κ2) is 8.10. The first-order valence-electron chi connectivity index (χ1n) is 7.36. The highest BCUT2D eigenvalue weighted by Crippen LogP contribution is 2.14. The molecule has 0 heterocycles. The summed E-state index contributed by atoms with van der Waals surface area (Å²) in [6.45, 7) is 18.2. The average molecular weight is 242 g/mol. The fraction of sp³-hybridized carbons (Fsp3) is 1.00. The maximum atomic E-state index is 3.66. The SMILES string of the molecule is CCCC(CNC(C)(C)C)N(CC)C(C)CC. The Hall–Kier alpha value is -0.0800. The van der Waals surface area contributed by atoms with E-state index in [2.05, 4.69) is 58.7 Å². The smallest absolute Gasteiger partial charge is 0.0223 e. The third-order valence-corrected chi connectivity index (χ3v) is 3.48. The van der Waals surface area contributed by atoms with E-state index in [1.807, 2.05) is 0 Å². The summed E-state index contributed by atoms with van der Waals surface area (Å²) in [6.07, 6.45) is 3.80. The van der Waals surface area contributed by atoms with Crippen molar-refractivity contribution in [3.63, 3.8) is 0 Å². The third-order valence-electron chi connectivity index (χ3n) is 3.48. The van der Waals surface area contributed by atoms with Gasteiger partial charge in [0.25, 0.3) is 0 Å². The highest BCUT2D eigenvalue weighted by Gasteiger charge is 2.22. The van der Waals surface area contributed by atoms with Crippen molar-refractivity contribution in [3.05, 3.63) is 0 Å². The molecule has 0 aromatic carbocycles. The minimum atomic E-state index is 0.223. The van der Waals surface area contributed by atoms with Crippen molar-refractivity contribution in [3.8, 4) is 0 Å². The van der Waals surface area contributed by atoms with Crippen molar-refractivity contribution in [1.29, 1.82) is 0 Å². The highest BCUT2D eigenvalue weighted by atomic mass is 15.2. The molecule has 0 aliphatic heterocycles. The van der Waals surface area contributed by atoms with Gasteiger partial charge in [0.1, 0.15) is 0 Å². The van der Waals surface area contributed by atoms with E-state index in [1.165, 1.54) is 19.3 Å². The molecule has 0 aromatic heterocycles. The monoisotopic (exact) mass is 242 g/mol. The van der Waals surface area contributed by atoms with Gasteiger partial charge in [-0.3, -0.25) is 4.90 Å². The lowest BCUT2D eigenvalue weighted by Crippen LogP contribution is -2.50. The topological polar surface area (TPSA) is 15.3 Å². The second-order valence-electron chi connectivity index (χ2n) is 6.16. The zero-order valence-corrected chi connectivity index (χ0v) is 13.1. The molecule has 0 saturated heterocycles. The predicted octanol–water partition coefficient (Wildman–Crippen LogP) is 3.66. The Labute approximate surface area is 109 Å². The molecule has 0 rings (SSSR count). The standard InChI is InChI=1S/C15H34N2/c1-8-11-14(12-16-15(5,6)7)17(10-3)13(4)9-2/h13-14,16H,8-12H2,1-7H3. The third kappa shape index (κ3) is 7.05. The van der Waals surface area contributed by atoms with Crippen LogP contribution >= 0.6 is 0 Å².